The summed E-state index contributed by atoms with van der Waals surface area (Å²) in [5.74, 6) is 0.828. The summed E-state index contributed by atoms with van der Waals surface area (Å²) in [5, 5.41) is 0. The Bertz CT molecular complexity index is 186. The van der Waals surface area contributed by atoms with Gasteiger partial charge in [0, 0.05) is 6.04 Å². The molecule has 88 valence electrons. The van der Waals surface area contributed by atoms with E-state index in [1.165, 1.54) is 51.4 Å². The van der Waals surface area contributed by atoms with Crippen LogP contribution in [-0.2, 0) is 0 Å². The van der Waals surface area contributed by atoms with E-state index in [9.17, 15) is 0 Å². The van der Waals surface area contributed by atoms with Crippen LogP contribution in [0.1, 0.15) is 65.2 Å². The predicted octanol–water partition coefficient (Wildman–Crippen LogP) is 4.03. The van der Waals surface area contributed by atoms with E-state index in [0.717, 1.165) is 5.92 Å². The molecule has 0 aromatic carbocycles. The van der Waals surface area contributed by atoms with E-state index in [1.54, 1.807) is 5.57 Å². The van der Waals surface area contributed by atoms with Crippen molar-refractivity contribution in [2.45, 2.75) is 71.3 Å². The molecule has 0 radical (unpaired) electrons. The first-order valence-corrected chi connectivity index (χ1v) is 6.71. The van der Waals surface area contributed by atoms with E-state index in [1.807, 2.05) is 0 Å². The molecule has 1 aliphatic rings. The molecular formula is C14H27N. The van der Waals surface area contributed by atoms with Gasteiger partial charge in [0.05, 0.1) is 0 Å². The van der Waals surface area contributed by atoms with Gasteiger partial charge in [0.2, 0.25) is 0 Å². The topological polar surface area (TPSA) is 26.0 Å². The van der Waals surface area contributed by atoms with Gasteiger partial charge in [-0.2, -0.15) is 0 Å². The summed E-state index contributed by atoms with van der Waals surface area (Å²) >= 11 is 0. The molecule has 15 heavy (non-hydrogen) atoms. The molecule has 1 aliphatic carbocycles. The van der Waals surface area contributed by atoms with Gasteiger partial charge < -0.3 is 5.73 Å². The Hall–Kier alpha value is -0.300. The van der Waals surface area contributed by atoms with E-state index >= 15 is 0 Å². The molecule has 2 N–H and O–H groups in total. The first kappa shape index (κ1) is 12.8. The second-order valence-corrected chi connectivity index (χ2v) is 4.97. The van der Waals surface area contributed by atoms with Crippen LogP contribution in [0, 0.1) is 5.92 Å². The van der Waals surface area contributed by atoms with Gasteiger partial charge in [0.25, 0.3) is 0 Å². The Morgan fingerprint density at radius 2 is 2.00 bits per heavy atom. The Morgan fingerprint density at radius 1 is 1.33 bits per heavy atom. The van der Waals surface area contributed by atoms with Gasteiger partial charge in [0.15, 0.2) is 0 Å². The lowest BCUT2D eigenvalue weighted by Crippen LogP contribution is -2.23. The van der Waals surface area contributed by atoms with Crippen molar-refractivity contribution < 1.29 is 0 Å². The summed E-state index contributed by atoms with van der Waals surface area (Å²) in [4.78, 5) is 0. The minimum absolute atomic E-state index is 0.470. The highest BCUT2D eigenvalue weighted by Crippen LogP contribution is 2.26. The highest BCUT2D eigenvalue weighted by Gasteiger charge is 2.13. The lowest BCUT2D eigenvalue weighted by Gasteiger charge is -2.22. The third-order valence-electron chi connectivity index (χ3n) is 3.60. The largest absolute Gasteiger partial charge is 0.328 e. The van der Waals surface area contributed by atoms with Crippen LogP contribution < -0.4 is 5.73 Å². The van der Waals surface area contributed by atoms with Gasteiger partial charge >= 0.3 is 0 Å². The number of hydrogen-bond acceptors (Lipinski definition) is 1. The maximum absolute atomic E-state index is 5.91. The average molecular weight is 209 g/mol. The standard InChI is InChI=1S/C14H27N/c1-3-5-6-12(4-2)11-13-7-9-14(15)10-8-13/h11-12,14H,3-10,15H2,1-2H3. The molecule has 1 atom stereocenters. The molecule has 0 amide bonds. The van der Waals surface area contributed by atoms with Gasteiger partial charge in [0.1, 0.15) is 0 Å². The molecule has 1 rings (SSSR count). The first-order valence-electron chi connectivity index (χ1n) is 6.71. The Labute approximate surface area is 95.1 Å². The molecule has 1 fully saturated rings. The Kier molecular flexibility index (Phi) is 6.00. The molecular weight excluding hydrogens is 182 g/mol. The fraction of sp³-hybridized carbons (Fsp3) is 0.857. The van der Waals surface area contributed by atoms with Crippen LogP contribution in [0.2, 0.25) is 0 Å². The highest BCUT2D eigenvalue weighted by atomic mass is 14.6. The van der Waals surface area contributed by atoms with Crippen molar-refractivity contribution >= 4 is 0 Å². The van der Waals surface area contributed by atoms with Crippen LogP contribution in [0.5, 0.6) is 0 Å². The maximum atomic E-state index is 5.91. The third-order valence-corrected chi connectivity index (χ3v) is 3.60. The van der Waals surface area contributed by atoms with Crippen molar-refractivity contribution in [3.63, 3.8) is 0 Å². The normalized spacial score (nSPS) is 23.9. The molecule has 0 aromatic rings. The van der Waals surface area contributed by atoms with Crippen LogP contribution in [0.3, 0.4) is 0 Å². The quantitative estimate of drug-likeness (QED) is 0.680. The first-order chi connectivity index (χ1) is 7.26. The molecule has 0 aromatic heterocycles. The van der Waals surface area contributed by atoms with Crippen LogP contribution in [0.4, 0.5) is 0 Å². The summed E-state index contributed by atoms with van der Waals surface area (Å²) in [6.45, 7) is 4.59. The molecule has 0 spiro atoms. The van der Waals surface area contributed by atoms with Crippen molar-refractivity contribution in [3.05, 3.63) is 11.6 Å². The summed E-state index contributed by atoms with van der Waals surface area (Å²) in [6, 6.07) is 0.470. The van der Waals surface area contributed by atoms with Crippen LogP contribution in [-0.4, -0.2) is 6.04 Å². The van der Waals surface area contributed by atoms with Crippen molar-refractivity contribution in [1.29, 1.82) is 0 Å². The minimum atomic E-state index is 0.470. The zero-order chi connectivity index (χ0) is 11.1. The molecule has 0 bridgehead atoms. The van der Waals surface area contributed by atoms with E-state index in [2.05, 4.69) is 19.9 Å². The second-order valence-electron chi connectivity index (χ2n) is 4.97. The summed E-state index contributed by atoms with van der Waals surface area (Å²) < 4.78 is 0. The van der Waals surface area contributed by atoms with Crippen molar-refractivity contribution in [1.82, 2.24) is 0 Å². The number of nitrogens with two attached hydrogens (primary N) is 1. The highest BCUT2D eigenvalue weighted by molar-refractivity contribution is 5.08. The van der Waals surface area contributed by atoms with Gasteiger partial charge in [-0.15, -0.1) is 0 Å². The predicted molar refractivity (Wildman–Crippen MR) is 67.8 cm³/mol. The van der Waals surface area contributed by atoms with Crippen LogP contribution in [0.25, 0.3) is 0 Å². The maximum Gasteiger partial charge on any atom is 0.00449 e. The molecule has 1 nitrogen and oxygen atoms in total. The third kappa shape index (κ3) is 4.83. The fourth-order valence-electron chi connectivity index (χ4n) is 2.38. The van der Waals surface area contributed by atoms with Crippen LogP contribution >= 0.6 is 0 Å². The summed E-state index contributed by atoms with van der Waals surface area (Å²) in [7, 11) is 0. The summed E-state index contributed by atoms with van der Waals surface area (Å²) in [6.07, 6.45) is 12.9. The SMILES string of the molecule is CCCCC(C=C1CCC(N)CC1)CC. The Balaban J connectivity index is 2.37. The van der Waals surface area contributed by atoms with Crippen molar-refractivity contribution in [2.24, 2.45) is 11.7 Å². The molecule has 0 heterocycles. The van der Waals surface area contributed by atoms with Gasteiger partial charge in [-0.3, -0.25) is 0 Å². The number of unbranched alkanes of at least 4 members (excludes halogenated alkanes) is 1. The monoisotopic (exact) mass is 209 g/mol. The minimum Gasteiger partial charge on any atom is -0.328 e. The number of allylic oxidation sites excluding steroid dienone is 2. The molecule has 0 aliphatic heterocycles. The lowest BCUT2D eigenvalue weighted by atomic mass is 9.87. The fourth-order valence-corrected chi connectivity index (χ4v) is 2.38. The van der Waals surface area contributed by atoms with Gasteiger partial charge in [-0.1, -0.05) is 38.3 Å². The molecule has 1 unspecified atom stereocenters. The van der Waals surface area contributed by atoms with E-state index < -0.39 is 0 Å². The van der Waals surface area contributed by atoms with Crippen LogP contribution in [0.15, 0.2) is 11.6 Å². The van der Waals surface area contributed by atoms with E-state index in [-0.39, 0.29) is 0 Å². The number of rotatable bonds is 5. The van der Waals surface area contributed by atoms with Crippen molar-refractivity contribution in [2.75, 3.05) is 0 Å². The summed E-state index contributed by atoms with van der Waals surface area (Å²) in [5.41, 5.74) is 7.59. The Morgan fingerprint density at radius 3 is 2.53 bits per heavy atom. The van der Waals surface area contributed by atoms with E-state index in [0.29, 0.717) is 6.04 Å². The van der Waals surface area contributed by atoms with Crippen molar-refractivity contribution in [3.8, 4) is 0 Å². The van der Waals surface area contributed by atoms with Gasteiger partial charge in [-0.25, -0.2) is 0 Å². The molecule has 1 heteroatoms. The second kappa shape index (κ2) is 7.05. The number of hydrogen-bond donors (Lipinski definition) is 1. The van der Waals surface area contributed by atoms with E-state index in [4.69, 9.17) is 5.73 Å². The average Bonchev–Trinajstić information content (AvgIpc) is 2.27. The van der Waals surface area contributed by atoms with Gasteiger partial charge in [-0.05, 0) is 44.4 Å². The molecule has 1 saturated carbocycles. The lowest BCUT2D eigenvalue weighted by molar-refractivity contribution is 0.492. The smallest absolute Gasteiger partial charge is 0.00449 e. The molecule has 0 saturated heterocycles. The zero-order valence-electron chi connectivity index (χ0n) is 10.5. The zero-order valence-corrected chi connectivity index (χ0v) is 10.5.